The number of hydrogen-bond donors (Lipinski definition) is 2. The highest BCUT2D eigenvalue weighted by Gasteiger charge is 2.41. The summed E-state index contributed by atoms with van der Waals surface area (Å²) >= 11 is 0. The van der Waals surface area contributed by atoms with Crippen LogP contribution in [0.5, 0.6) is 0 Å². The summed E-state index contributed by atoms with van der Waals surface area (Å²) in [7, 11) is 0. The van der Waals surface area contributed by atoms with E-state index >= 15 is 0 Å². The molecule has 2 saturated heterocycles. The van der Waals surface area contributed by atoms with Gasteiger partial charge in [0.1, 0.15) is 0 Å². The monoisotopic (exact) mass is 351 g/mol. The molecule has 0 aromatic heterocycles. The first-order chi connectivity index (χ1) is 12.7. The zero-order valence-corrected chi connectivity index (χ0v) is 14.8. The lowest BCUT2D eigenvalue weighted by Gasteiger charge is -2.51. The Labute approximate surface area is 154 Å². The second kappa shape index (κ2) is 7.48. The highest BCUT2D eigenvalue weighted by Crippen LogP contribution is 2.34. The maximum atomic E-state index is 11.8. The van der Waals surface area contributed by atoms with Crippen molar-refractivity contribution in [2.24, 2.45) is 0 Å². The standard InChI is InChI=1S/C21H25N3O2/c25-21(26)23-14-18-13-22-11-12-24(18)19(15-23)20(16-7-3-1-4-8-16)17-9-5-2-6-10-17/h1-10,18-20,22H,11-15H2,(H,25,26)/t18-,19?/m0/s1. The van der Waals surface area contributed by atoms with Gasteiger partial charge in [-0.25, -0.2) is 4.79 Å². The molecule has 5 nitrogen and oxygen atoms in total. The average molecular weight is 351 g/mol. The molecule has 0 saturated carbocycles. The number of nitrogens with zero attached hydrogens (tertiary/aromatic N) is 2. The summed E-state index contributed by atoms with van der Waals surface area (Å²) in [5, 5.41) is 13.1. The van der Waals surface area contributed by atoms with Gasteiger partial charge < -0.3 is 15.3 Å². The van der Waals surface area contributed by atoms with Gasteiger partial charge in [-0.3, -0.25) is 4.90 Å². The summed E-state index contributed by atoms with van der Waals surface area (Å²) < 4.78 is 0. The van der Waals surface area contributed by atoms with Gasteiger partial charge in [-0.05, 0) is 11.1 Å². The van der Waals surface area contributed by atoms with Gasteiger partial charge >= 0.3 is 6.09 Å². The van der Waals surface area contributed by atoms with E-state index in [0.717, 1.165) is 19.6 Å². The van der Waals surface area contributed by atoms with E-state index in [1.54, 1.807) is 4.90 Å². The Morgan fingerprint density at radius 3 is 2.19 bits per heavy atom. The maximum absolute atomic E-state index is 11.8. The number of hydrogen-bond acceptors (Lipinski definition) is 3. The van der Waals surface area contributed by atoms with Crippen LogP contribution in [0.2, 0.25) is 0 Å². The number of amides is 1. The fourth-order valence-electron chi connectivity index (χ4n) is 4.45. The largest absolute Gasteiger partial charge is 0.465 e. The second-order valence-corrected chi connectivity index (χ2v) is 7.15. The zero-order valence-electron chi connectivity index (χ0n) is 14.8. The molecule has 0 radical (unpaired) electrons. The lowest BCUT2D eigenvalue weighted by atomic mass is 9.82. The molecule has 2 fully saturated rings. The summed E-state index contributed by atoms with van der Waals surface area (Å²) in [4.78, 5) is 15.9. The fraction of sp³-hybridized carbons (Fsp3) is 0.381. The molecule has 0 spiro atoms. The Morgan fingerprint density at radius 1 is 1.00 bits per heavy atom. The van der Waals surface area contributed by atoms with Crippen LogP contribution in [0, 0.1) is 0 Å². The SMILES string of the molecule is O=C(O)N1CC(C(c2ccccc2)c2ccccc2)N2CCNC[C@H]2C1. The number of benzene rings is 2. The van der Waals surface area contributed by atoms with E-state index in [9.17, 15) is 9.90 Å². The quantitative estimate of drug-likeness (QED) is 0.892. The molecular weight excluding hydrogens is 326 g/mol. The van der Waals surface area contributed by atoms with E-state index in [2.05, 4.69) is 58.7 Å². The molecule has 0 bridgehead atoms. The molecule has 5 heteroatoms. The second-order valence-electron chi connectivity index (χ2n) is 7.15. The minimum absolute atomic E-state index is 0.136. The van der Waals surface area contributed by atoms with Crippen LogP contribution in [0.3, 0.4) is 0 Å². The van der Waals surface area contributed by atoms with Crippen molar-refractivity contribution in [3.63, 3.8) is 0 Å². The molecule has 2 aliphatic rings. The van der Waals surface area contributed by atoms with Gasteiger partial charge in [0, 0.05) is 50.7 Å². The normalized spacial score (nSPS) is 23.7. The van der Waals surface area contributed by atoms with E-state index in [-0.39, 0.29) is 18.0 Å². The Kier molecular flexibility index (Phi) is 4.91. The van der Waals surface area contributed by atoms with Crippen molar-refractivity contribution in [1.82, 2.24) is 15.1 Å². The van der Waals surface area contributed by atoms with Gasteiger partial charge in [0.15, 0.2) is 0 Å². The van der Waals surface area contributed by atoms with E-state index in [0.29, 0.717) is 13.1 Å². The van der Waals surface area contributed by atoms with Gasteiger partial charge in [0.2, 0.25) is 0 Å². The summed E-state index contributed by atoms with van der Waals surface area (Å²) in [5.74, 6) is 0.153. The van der Waals surface area contributed by atoms with Gasteiger partial charge in [-0.2, -0.15) is 0 Å². The molecule has 0 aliphatic carbocycles. The van der Waals surface area contributed by atoms with Crippen molar-refractivity contribution in [2.75, 3.05) is 32.7 Å². The fourth-order valence-corrected chi connectivity index (χ4v) is 4.45. The molecule has 2 heterocycles. The van der Waals surface area contributed by atoms with Crippen molar-refractivity contribution in [2.45, 2.75) is 18.0 Å². The Hall–Kier alpha value is -2.37. The third kappa shape index (κ3) is 3.32. The van der Waals surface area contributed by atoms with Gasteiger partial charge in [0.05, 0.1) is 0 Å². The third-order valence-corrected chi connectivity index (χ3v) is 5.63. The summed E-state index contributed by atoms with van der Waals surface area (Å²) in [6, 6.07) is 21.3. The molecule has 2 N–H and O–H groups in total. The lowest BCUT2D eigenvalue weighted by molar-refractivity contribution is 0.00794. The molecule has 26 heavy (non-hydrogen) atoms. The molecule has 2 aliphatic heterocycles. The predicted molar refractivity (Wildman–Crippen MR) is 101 cm³/mol. The molecule has 4 rings (SSSR count). The Balaban J connectivity index is 1.76. The van der Waals surface area contributed by atoms with E-state index < -0.39 is 6.09 Å². The van der Waals surface area contributed by atoms with Crippen LogP contribution in [0.15, 0.2) is 60.7 Å². The molecule has 136 valence electrons. The number of rotatable bonds is 3. The number of piperazine rings is 2. The van der Waals surface area contributed by atoms with Gasteiger partial charge in [0.25, 0.3) is 0 Å². The van der Waals surface area contributed by atoms with E-state index in [1.165, 1.54) is 11.1 Å². The minimum atomic E-state index is -0.819. The number of nitrogens with one attached hydrogen (secondary N) is 1. The van der Waals surface area contributed by atoms with Crippen LogP contribution >= 0.6 is 0 Å². The molecule has 2 aromatic rings. The van der Waals surface area contributed by atoms with Crippen molar-refractivity contribution in [3.8, 4) is 0 Å². The predicted octanol–water partition coefficient (Wildman–Crippen LogP) is 2.45. The minimum Gasteiger partial charge on any atom is -0.465 e. The van der Waals surface area contributed by atoms with Gasteiger partial charge in [-0.15, -0.1) is 0 Å². The Bertz CT molecular complexity index is 698. The molecule has 2 atom stereocenters. The van der Waals surface area contributed by atoms with Crippen molar-refractivity contribution < 1.29 is 9.90 Å². The highest BCUT2D eigenvalue weighted by molar-refractivity contribution is 5.65. The first-order valence-electron chi connectivity index (χ1n) is 9.28. The summed E-state index contributed by atoms with van der Waals surface area (Å²) in [6.45, 7) is 3.88. The van der Waals surface area contributed by atoms with Crippen LogP contribution in [0.25, 0.3) is 0 Å². The number of carboxylic acid groups (broad SMARTS) is 1. The highest BCUT2D eigenvalue weighted by atomic mass is 16.4. The average Bonchev–Trinajstić information content (AvgIpc) is 2.69. The topological polar surface area (TPSA) is 55.8 Å². The summed E-state index contributed by atoms with van der Waals surface area (Å²) in [6.07, 6.45) is -0.819. The maximum Gasteiger partial charge on any atom is 0.407 e. The van der Waals surface area contributed by atoms with Crippen LogP contribution in [-0.4, -0.2) is 65.8 Å². The van der Waals surface area contributed by atoms with Crippen LogP contribution in [-0.2, 0) is 0 Å². The first-order valence-corrected chi connectivity index (χ1v) is 9.28. The number of carbonyl (C=O) groups is 1. The number of fused-ring (bicyclic) bond motifs is 1. The van der Waals surface area contributed by atoms with Crippen LogP contribution in [0.4, 0.5) is 4.79 Å². The van der Waals surface area contributed by atoms with Crippen molar-refractivity contribution in [3.05, 3.63) is 71.8 Å². The first kappa shape index (κ1) is 17.1. The Morgan fingerprint density at radius 2 is 1.62 bits per heavy atom. The summed E-state index contributed by atoms with van der Waals surface area (Å²) in [5.41, 5.74) is 2.49. The van der Waals surface area contributed by atoms with Crippen LogP contribution < -0.4 is 5.32 Å². The van der Waals surface area contributed by atoms with Crippen molar-refractivity contribution >= 4 is 6.09 Å². The van der Waals surface area contributed by atoms with Crippen LogP contribution in [0.1, 0.15) is 17.0 Å². The van der Waals surface area contributed by atoms with E-state index in [4.69, 9.17) is 0 Å². The van der Waals surface area contributed by atoms with Gasteiger partial charge in [-0.1, -0.05) is 60.7 Å². The third-order valence-electron chi connectivity index (χ3n) is 5.63. The smallest absolute Gasteiger partial charge is 0.407 e. The lowest BCUT2D eigenvalue weighted by Crippen LogP contribution is -2.67. The molecular formula is C21H25N3O2. The molecule has 1 amide bonds. The van der Waals surface area contributed by atoms with E-state index in [1.807, 2.05) is 12.1 Å². The molecule has 1 unspecified atom stereocenters. The zero-order chi connectivity index (χ0) is 17.9. The van der Waals surface area contributed by atoms with Crippen molar-refractivity contribution in [1.29, 1.82) is 0 Å². The molecule has 2 aromatic carbocycles.